The maximum absolute atomic E-state index is 13.6. The van der Waals surface area contributed by atoms with Crippen LogP contribution >= 0.6 is 0 Å². The van der Waals surface area contributed by atoms with Crippen LogP contribution in [0.2, 0.25) is 0 Å². The number of benzene rings is 1. The van der Waals surface area contributed by atoms with E-state index in [-0.39, 0.29) is 11.3 Å². The summed E-state index contributed by atoms with van der Waals surface area (Å²) in [6, 6.07) is 2.38. The van der Waals surface area contributed by atoms with Crippen LogP contribution in [-0.4, -0.2) is 12.4 Å². The fourth-order valence-corrected chi connectivity index (χ4v) is 1.56. The van der Waals surface area contributed by atoms with Gasteiger partial charge in [0, 0.05) is 6.42 Å². The Morgan fingerprint density at radius 3 is 2.75 bits per heavy atom. The van der Waals surface area contributed by atoms with Gasteiger partial charge in [0.2, 0.25) is 5.78 Å². The number of aryl methyl sites for hydroxylation is 1. The topological polar surface area (TPSA) is 26.3 Å². The van der Waals surface area contributed by atoms with Crippen molar-refractivity contribution in [3.63, 3.8) is 0 Å². The van der Waals surface area contributed by atoms with Crippen molar-refractivity contribution in [3.05, 3.63) is 46.7 Å². The number of ketones is 1. The van der Waals surface area contributed by atoms with E-state index in [0.29, 0.717) is 13.0 Å². The molecule has 0 spiro atoms. The molecule has 2 rings (SSSR count). The summed E-state index contributed by atoms with van der Waals surface area (Å²) in [5.74, 6) is -2.37. The Morgan fingerprint density at radius 2 is 2.12 bits per heavy atom. The monoisotopic (exact) mass is 224 g/mol. The SMILES string of the molecule is Cc1ccc(F)c(C(=O)C2=CCCO2)c1F. The highest BCUT2D eigenvalue weighted by Crippen LogP contribution is 2.22. The molecule has 0 N–H and O–H groups in total. The highest BCUT2D eigenvalue weighted by Gasteiger charge is 2.24. The number of ether oxygens (including phenoxy) is 1. The Labute approximate surface area is 91.5 Å². The van der Waals surface area contributed by atoms with Crippen molar-refractivity contribution in [3.8, 4) is 0 Å². The lowest BCUT2D eigenvalue weighted by atomic mass is 10.0. The Kier molecular flexibility index (Phi) is 2.73. The van der Waals surface area contributed by atoms with E-state index >= 15 is 0 Å². The molecule has 0 aliphatic carbocycles. The fourth-order valence-electron chi connectivity index (χ4n) is 1.56. The van der Waals surface area contributed by atoms with E-state index in [4.69, 9.17) is 4.74 Å². The van der Waals surface area contributed by atoms with Crippen molar-refractivity contribution in [2.45, 2.75) is 13.3 Å². The molecule has 1 aliphatic heterocycles. The summed E-state index contributed by atoms with van der Waals surface area (Å²) in [5, 5.41) is 0. The number of Topliss-reactive ketones (excluding diaryl/α,β-unsaturated/α-hetero) is 1. The minimum absolute atomic E-state index is 0.0309. The Morgan fingerprint density at radius 1 is 1.38 bits per heavy atom. The van der Waals surface area contributed by atoms with Crippen molar-refractivity contribution in [2.75, 3.05) is 6.61 Å². The average Bonchev–Trinajstić information content (AvgIpc) is 2.77. The Bertz CT molecular complexity index is 478. The zero-order chi connectivity index (χ0) is 11.7. The van der Waals surface area contributed by atoms with Gasteiger partial charge in [-0.05, 0) is 24.6 Å². The zero-order valence-electron chi connectivity index (χ0n) is 8.72. The average molecular weight is 224 g/mol. The van der Waals surface area contributed by atoms with Crippen LogP contribution in [0.4, 0.5) is 8.78 Å². The molecule has 84 valence electrons. The minimum Gasteiger partial charge on any atom is -0.489 e. The molecule has 16 heavy (non-hydrogen) atoms. The van der Waals surface area contributed by atoms with E-state index in [2.05, 4.69) is 0 Å². The number of carbonyl (C=O) groups excluding carboxylic acids is 1. The van der Waals surface area contributed by atoms with Gasteiger partial charge in [0.1, 0.15) is 11.6 Å². The normalized spacial score (nSPS) is 14.6. The van der Waals surface area contributed by atoms with E-state index in [1.165, 1.54) is 13.0 Å². The maximum atomic E-state index is 13.6. The number of allylic oxidation sites excluding steroid dienone is 1. The van der Waals surface area contributed by atoms with Gasteiger partial charge in [0.15, 0.2) is 5.76 Å². The lowest BCUT2D eigenvalue weighted by molar-refractivity contribution is 0.0934. The lowest BCUT2D eigenvalue weighted by Gasteiger charge is -2.07. The van der Waals surface area contributed by atoms with E-state index < -0.39 is 23.0 Å². The smallest absolute Gasteiger partial charge is 0.233 e. The zero-order valence-corrected chi connectivity index (χ0v) is 8.72. The number of hydrogen-bond acceptors (Lipinski definition) is 2. The van der Waals surface area contributed by atoms with Crippen LogP contribution in [0.1, 0.15) is 22.3 Å². The lowest BCUT2D eigenvalue weighted by Crippen LogP contribution is -2.10. The minimum atomic E-state index is -0.857. The molecule has 2 nitrogen and oxygen atoms in total. The molecule has 0 bridgehead atoms. The molecule has 1 aliphatic rings. The second-order valence-corrected chi connectivity index (χ2v) is 3.59. The summed E-state index contributed by atoms with van der Waals surface area (Å²) in [7, 11) is 0. The number of rotatable bonds is 2. The third-order valence-electron chi connectivity index (χ3n) is 2.44. The molecule has 0 unspecified atom stereocenters. The molecule has 0 radical (unpaired) electrons. The van der Waals surface area contributed by atoms with Crippen LogP contribution in [0.25, 0.3) is 0 Å². The molecule has 1 heterocycles. The molecule has 1 aromatic carbocycles. The number of carbonyl (C=O) groups is 1. The fraction of sp³-hybridized carbons (Fsp3) is 0.250. The van der Waals surface area contributed by atoms with Gasteiger partial charge in [-0.15, -0.1) is 0 Å². The van der Waals surface area contributed by atoms with Gasteiger partial charge in [0.05, 0.1) is 12.2 Å². The van der Waals surface area contributed by atoms with Gasteiger partial charge in [-0.1, -0.05) is 6.07 Å². The van der Waals surface area contributed by atoms with E-state index in [1.807, 2.05) is 0 Å². The standard InChI is InChI=1S/C12H10F2O2/c1-7-4-5-8(13)10(11(7)14)12(15)9-3-2-6-16-9/h3-5H,2,6H2,1H3. The Hall–Kier alpha value is -1.71. The molecular formula is C12H10F2O2. The highest BCUT2D eigenvalue weighted by molar-refractivity contribution is 6.08. The van der Waals surface area contributed by atoms with Crippen molar-refractivity contribution in [1.29, 1.82) is 0 Å². The van der Waals surface area contributed by atoms with E-state index in [0.717, 1.165) is 6.07 Å². The molecule has 0 atom stereocenters. The summed E-state index contributed by atoms with van der Waals surface area (Å²) >= 11 is 0. The molecular weight excluding hydrogens is 214 g/mol. The maximum Gasteiger partial charge on any atom is 0.233 e. The van der Waals surface area contributed by atoms with Crippen LogP contribution in [0.5, 0.6) is 0 Å². The molecule has 4 heteroatoms. The van der Waals surface area contributed by atoms with Crippen molar-refractivity contribution in [1.82, 2.24) is 0 Å². The van der Waals surface area contributed by atoms with E-state index in [9.17, 15) is 13.6 Å². The van der Waals surface area contributed by atoms with Crippen LogP contribution in [-0.2, 0) is 4.74 Å². The molecule has 0 saturated heterocycles. The largest absolute Gasteiger partial charge is 0.489 e. The van der Waals surface area contributed by atoms with Crippen molar-refractivity contribution < 1.29 is 18.3 Å². The first-order valence-electron chi connectivity index (χ1n) is 4.93. The highest BCUT2D eigenvalue weighted by atomic mass is 19.1. The first kappa shape index (κ1) is 10.8. The molecule has 0 aromatic heterocycles. The van der Waals surface area contributed by atoms with Gasteiger partial charge >= 0.3 is 0 Å². The van der Waals surface area contributed by atoms with Crippen LogP contribution in [0, 0.1) is 18.6 Å². The molecule has 0 amide bonds. The van der Waals surface area contributed by atoms with Crippen LogP contribution < -0.4 is 0 Å². The number of hydrogen-bond donors (Lipinski definition) is 0. The predicted octanol–water partition coefficient (Wildman–Crippen LogP) is 2.76. The molecule has 0 saturated carbocycles. The van der Waals surface area contributed by atoms with Gasteiger partial charge in [-0.3, -0.25) is 4.79 Å². The van der Waals surface area contributed by atoms with Crippen LogP contribution in [0.3, 0.4) is 0 Å². The summed E-state index contributed by atoms with van der Waals surface area (Å²) < 4.78 is 32.0. The summed E-state index contributed by atoms with van der Waals surface area (Å²) in [5.41, 5.74) is -0.295. The van der Waals surface area contributed by atoms with Gasteiger partial charge in [-0.25, -0.2) is 8.78 Å². The molecule has 0 fully saturated rings. The quantitative estimate of drug-likeness (QED) is 0.722. The van der Waals surface area contributed by atoms with Gasteiger partial charge in [0.25, 0.3) is 0 Å². The second-order valence-electron chi connectivity index (χ2n) is 3.59. The van der Waals surface area contributed by atoms with Gasteiger partial charge < -0.3 is 4.74 Å². The van der Waals surface area contributed by atoms with Crippen molar-refractivity contribution in [2.24, 2.45) is 0 Å². The third-order valence-corrected chi connectivity index (χ3v) is 2.44. The summed E-state index contributed by atoms with van der Waals surface area (Å²) in [4.78, 5) is 11.8. The van der Waals surface area contributed by atoms with Crippen LogP contribution in [0.15, 0.2) is 24.0 Å². The first-order chi connectivity index (χ1) is 7.61. The second kappa shape index (κ2) is 4.04. The first-order valence-corrected chi connectivity index (χ1v) is 4.93. The van der Waals surface area contributed by atoms with Gasteiger partial charge in [-0.2, -0.15) is 0 Å². The van der Waals surface area contributed by atoms with Crippen molar-refractivity contribution >= 4 is 5.78 Å². The third kappa shape index (κ3) is 1.71. The molecule has 1 aromatic rings. The summed E-state index contributed by atoms with van der Waals surface area (Å²) in [6.07, 6.45) is 2.14. The number of halogens is 2. The Balaban J connectivity index is 2.47. The predicted molar refractivity (Wildman–Crippen MR) is 54.1 cm³/mol. The van der Waals surface area contributed by atoms with E-state index in [1.54, 1.807) is 6.08 Å². The summed E-state index contributed by atoms with van der Waals surface area (Å²) in [6.45, 7) is 1.87.